The van der Waals surface area contributed by atoms with Gasteiger partial charge in [0, 0.05) is 32.8 Å². The summed E-state index contributed by atoms with van der Waals surface area (Å²) in [6.45, 7) is 2.81. The SMILES string of the molecule is O=C(CCc1ccc(C(=O)O)cc1)NCCCOC1CCOCC1. The zero-order chi connectivity index (χ0) is 17.2. The molecule has 0 radical (unpaired) electrons. The molecule has 132 valence electrons. The first kappa shape index (κ1) is 18.4. The number of rotatable bonds is 9. The third-order valence-corrected chi connectivity index (χ3v) is 4.01. The highest BCUT2D eigenvalue weighted by atomic mass is 16.5. The first-order valence-corrected chi connectivity index (χ1v) is 8.43. The number of hydrogen-bond donors (Lipinski definition) is 2. The summed E-state index contributed by atoms with van der Waals surface area (Å²) in [7, 11) is 0. The van der Waals surface area contributed by atoms with Crippen LogP contribution in [0.4, 0.5) is 0 Å². The van der Waals surface area contributed by atoms with Crippen molar-refractivity contribution in [1.82, 2.24) is 5.32 Å². The summed E-state index contributed by atoms with van der Waals surface area (Å²) in [5, 5.41) is 11.7. The zero-order valence-electron chi connectivity index (χ0n) is 13.8. The Hall–Kier alpha value is -1.92. The quantitative estimate of drug-likeness (QED) is 0.675. The van der Waals surface area contributed by atoms with E-state index in [0.717, 1.165) is 38.0 Å². The number of nitrogens with one attached hydrogen (secondary N) is 1. The third kappa shape index (κ3) is 6.68. The van der Waals surface area contributed by atoms with Crippen LogP contribution >= 0.6 is 0 Å². The van der Waals surface area contributed by atoms with Crippen LogP contribution in [0.15, 0.2) is 24.3 Å². The van der Waals surface area contributed by atoms with Crippen molar-refractivity contribution in [1.29, 1.82) is 0 Å². The van der Waals surface area contributed by atoms with Gasteiger partial charge in [-0.15, -0.1) is 0 Å². The van der Waals surface area contributed by atoms with Crippen LogP contribution in [-0.4, -0.2) is 49.5 Å². The van der Waals surface area contributed by atoms with Crippen molar-refractivity contribution in [3.63, 3.8) is 0 Å². The van der Waals surface area contributed by atoms with E-state index < -0.39 is 5.97 Å². The molecule has 1 heterocycles. The number of aromatic carboxylic acids is 1. The molecule has 0 unspecified atom stereocenters. The smallest absolute Gasteiger partial charge is 0.335 e. The Balaban J connectivity index is 1.53. The molecule has 0 aromatic heterocycles. The molecule has 0 aliphatic carbocycles. The van der Waals surface area contributed by atoms with Crippen molar-refractivity contribution < 1.29 is 24.2 Å². The zero-order valence-corrected chi connectivity index (χ0v) is 13.8. The van der Waals surface area contributed by atoms with Gasteiger partial charge in [0.05, 0.1) is 11.7 Å². The van der Waals surface area contributed by atoms with Crippen LogP contribution in [0.5, 0.6) is 0 Å². The van der Waals surface area contributed by atoms with Gasteiger partial charge in [0.15, 0.2) is 0 Å². The summed E-state index contributed by atoms with van der Waals surface area (Å²) in [6.07, 6.45) is 4.00. The molecule has 1 aliphatic rings. The average molecular weight is 335 g/mol. The lowest BCUT2D eigenvalue weighted by Crippen LogP contribution is -2.27. The molecule has 0 saturated carbocycles. The van der Waals surface area contributed by atoms with Crippen molar-refractivity contribution in [2.24, 2.45) is 0 Å². The van der Waals surface area contributed by atoms with Crippen molar-refractivity contribution in [2.45, 2.75) is 38.2 Å². The molecular formula is C18H25NO5. The molecule has 0 atom stereocenters. The Labute approximate surface area is 142 Å². The minimum atomic E-state index is -0.942. The Morgan fingerprint density at radius 3 is 2.58 bits per heavy atom. The van der Waals surface area contributed by atoms with Crippen molar-refractivity contribution >= 4 is 11.9 Å². The Morgan fingerprint density at radius 1 is 1.21 bits per heavy atom. The maximum Gasteiger partial charge on any atom is 0.335 e. The highest BCUT2D eigenvalue weighted by Crippen LogP contribution is 2.10. The Bertz CT molecular complexity index is 523. The van der Waals surface area contributed by atoms with E-state index in [9.17, 15) is 9.59 Å². The van der Waals surface area contributed by atoms with Gasteiger partial charge >= 0.3 is 5.97 Å². The molecule has 1 aliphatic heterocycles. The van der Waals surface area contributed by atoms with E-state index in [1.165, 1.54) is 0 Å². The van der Waals surface area contributed by atoms with Gasteiger partial charge in [-0.25, -0.2) is 4.79 Å². The highest BCUT2D eigenvalue weighted by molar-refractivity contribution is 5.87. The molecule has 6 nitrogen and oxygen atoms in total. The van der Waals surface area contributed by atoms with Gasteiger partial charge in [0.1, 0.15) is 0 Å². The van der Waals surface area contributed by atoms with E-state index in [0.29, 0.717) is 32.1 Å². The standard InChI is InChI=1S/C18H25NO5/c20-17(7-4-14-2-5-15(6-3-14)18(21)22)19-10-1-11-24-16-8-12-23-13-9-16/h2-3,5-6,16H,1,4,7-13H2,(H,19,20)(H,21,22). The molecule has 1 aromatic rings. The molecule has 2 rings (SSSR count). The fourth-order valence-electron chi connectivity index (χ4n) is 2.55. The second-order valence-electron chi connectivity index (χ2n) is 5.89. The highest BCUT2D eigenvalue weighted by Gasteiger charge is 2.13. The van der Waals surface area contributed by atoms with E-state index >= 15 is 0 Å². The summed E-state index contributed by atoms with van der Waals surface area (Å²) >= 11 is 0. The van der Waals surface area contributed by atoms with Crippen LogP contribution < -0.4 is 5.32 Å². The first-order valence-electron chi connectivity index (χ1n) is 8.43. The largest absolute Gasteiger partial charge is 0.478 e. The molecule has 0 spiro atoms. The molecule has 2 N–H and O–H groups in total. The van der Waals surface area contributed by atoms with Gasteiger partial charge < -0.3 is 19.9 Å². The molecular weight excluding hydrogens is 310 g/mol. The van der Waals surface area contributed by atoms with E-state index in [1.807, 2.05) is 0 Å². The normalized spacial score (nSPS) is 15.2. The van der Waals surface area contributed by atoms with Crippen molar-refractivity contribution in [3.05, 3.63) is 35.4 Å². The number of carbonyl (C=O) groups excluding carboxylic acids is 1. The molecule has 1 amide bonds. The van der Waals surface area contributed by atoms with Crippen LogP contribution in [0.25, 0.3) is 0 Å². The van der Waals surface area contributed by atoms with Gasteiger partial charge in [-0.05, 0) is 43.4 Å². The molecule has 0 bridgehead atoms. The van der Waals surface area contributed by atoms with E-state index in [1.54, 1.807) is 24.3 Å². The van der Waals surface area contributed by atoms with Gasteiger partial charge in [0.2, 0.25) is 5.91 Å². The first-order chi connectivity index (χ1) is 11.6. The number of aryl methyl sites for hydroxylation is 1. The van der Waals surface area contributed by atoms with Gasteiger partial charge in [-0.2, -0.15) is 0 Å². The topological polar surface area (TPSA) is 84.9 Å². The van der Waals surface area contributed by atoms with E-state index in [-0.39, 0.29) is 11.5 Å². The number of hydrogen-bond acceptors (Lipinski definition) is 4. The lowest BCUT2D eigenvalue weighted by atomic mass is 10.1. The van der Waals surface area contributed by atoms with Crippen LogP contribution in [-0.2, 0) is 20.7 Å². The minimum Gasteiger partial charge on any atom is -0.478 e. The number of carbonyl (C=O) groups is 2. The number of carboxylic acid groups (broad SMARTS) is 1. The lowest BCUT2D eigenvalue weighted by molar-refractivity contribution is -0.121. The molecule has 1 aromatic carbocycles. The van der Waals surface area contributed by atoms with Crippen molar-refractivity contribution in [2.75, 3.05) is 26.4 Å². The number of amides is 1. The summed E-state index contributed by atoms with van der Waals surface area (Å²) in [5.41, 5.74) is 1.21. The second kappa shape index (κ2) is 10.1. The van der Waals surface area contributed by atoms with Crippen molar-refractivity contribution in [3.8, 4) is 0 Å². The van der Waals surface area contributed by atoms with Gasteiger partial charge in [0.25, 0.3) is 0 Å². The second-order valence-corrected chi connectivity index (χ2v) is 5.89. The van der Waals surface area contributed by atoms with E-state index in [2.05, 4.69) is 5.32 Å². The number of ether oxygens (including phenoxy) is 2. The van der Waals surface area contributed by atoms with Gasteiger partial charge in [-0.1, -0.05) is 12.1 Å². The fraction of sp³-hybridized carbons (Fsp3) is 0.556. The van der Waals surface area contributed by atoms with E-state index in [4.69, 9.17) is 14.6 Å². The maximum absolute atomic E-state index is 11.8. The van der Waals surface area contributed by atoms with Crippen LogP contribution in [0.3, 0.4) is 0 Å². The molecule has 24 heavy (non-hydrogen) atoms. The number of carboxylic acids is 1. The predicted molar refractivity (Wildman–Crippen MR) is 89.1 cm³/mol. The maximum atomic E-state index is 11.8. The summed E-state index contributed by atoms with van der Waals surface area (Å²) in [5.74, 6) is -0.939. The summed E-state index contributed by atoms with van der Waals surface area (Å²) < 4.78 is 11.0. The summed E-state index contributed by atoms with van der Waals surface area (Å²) in [6, 6.07) is 6.61. The number of benzene rings is 1. The van der Waals surface area contributed by atoms with Crippen LogP contribution in [0.2, 0.25) is 0 Å². The fourth-order valence-corrected chi connectivity index (χ4v) is 2.55. The summed E-state index contributed by atoms with van der Waals surface area (Å²) in [4.78, 5) is 22.6. The molecule has 1 saturated heterocycles. The molecule has 6 heteroatoms. The molecule has 1 fully saturated rings. The Kier molecular flexibility index (Phi) is 7.71. The minimum absolute atomic E-state index is 0.00313. The van der Waals surface area contributed by atoms with Gasteiger partial charge in [-0.3, -0.25) is 4.79 Å². The Morgan fingerprint density at radius 2 is 1.92 bits per heavy atom. The predicted octanol–water partition coefficient (Wildman–Crippen LogP) is 2.02. The third-order valence-electron chi connectivity index (χ3n) is 4.01. The average Bonchev–Trinajstić information content (AvgIpc) is 2.61. The van der Waals surface area contributed by atoms with Crippen LogP contribution in [0.1, 0.15) is 41.6 Å². The lowest BCUT2D eigenvalue weighted by Gasteiger charge is -2.22. The monoisotopic (exact) mass is 335 g/mol. The van der Waals surface area contributed by atoms with Crippen LogP contribution in [0, 0.1) is 0 Å².